The van der Waals surface area contributed by atoms with Gasteiger partial charge in [-0.1, -0.05) is 24.3 Å². The summed E-state index contributed by atoms with van der Waals surface area (Å²) in [7, 11) is 1.50. The van der Waals surface area contributed by atoms with Gasteiger partial charge in [0.2, 0.25) is 5.91 Å². The molecule has 0 bridgehead atoms. The summed E-state index contributed by atoms with van der Waals surface area (Å²) in [5.74, 6) is 0.215. The van der Waals surface area contributed by atoms with Crippen LogP contribution in [0.5, 0.6) is 5.75 Å². The number of hydrogen-bond acceptors (Lipinski definition) is 3. The molecule has 140 valence electrons. The Balaban J connectivity index is 2.04. The predicted octanol–water partition coefficient (Wildman–Crippen LogP) is 4.39. The summed E-state index contributed by atoms with van der Waals surface area (Å²) in [6.45, 7) is 3.36. The van der Waals surface area contributed by atoms with Crippen molar-refractivity contribution in [2.45, 2.75) is 32.1 Å². The number of alkyl halides is 3. The Morgan fingerprint density at radius 2 is 1.77 bits per heavy atom. The number of para-hydroxylation sites is 2. The van der Waals surface area contributed by atoms with Crippen molar-refractivity contribution >= 4 is 11.6 Å². The molecule has 0 fully saturated rings. The van der Waals surface area contributed by atoms with Gasteiger partial charge < -0.3 is 10.1 Å². The van der Waals surface area contributed by atoms with E-state index < -0.39 is 23.8 Å². The van der Waals surface area contributed by atoms with E-state index in [-0.39, 0.29) is 5.91 Å². The molecule has 2 N–H and O–H groups in total. The molecule has 0 aliphatic carbocycles. The zero-order chi connectivity index (χ0) is 19.3. The van der Waals surface area contributed by atoms with Crippen LogP contribution in [-0.2, 0) is 11.0 Å². The summed E-state index contributed by atoms with van der Waals surface area (Å²) < 4.78 is 43.7. The Hall–Kier alpha value is -2.54. The van der Waals surface area contributed by atoms with Crippen LogP contribution in [0.3, 0.4) is 0 Å². The third-order valence-electron chi connectivity index (χ3n) is 3.97. The fraction of sp³-hybridized carbons (Fsp3) is 0.316. The lowest BCUT2D eigenvalue weighted by Crippen LogP contribution is -2.39. The number of carbonyl (C=O) groups excluding carboxylic acids is 1. The van der Waals surface area contributed by atoms with Gasteiger partial charge in [-0.2, -0.15) is 13.2 Å². The Kier molecular flexibility index (Phi) is 6.26. The maximum absolute atomic E-state index is 12.8. The van der Waals surface area contributed by atoms with Crippen LogP contribution in [0.2, 0.25) is 0 Å². The Bertz CT molecular complexity index is 762. The van der Waals surface area contributed by atoms with Gasteiger partial charge in [-0.15, -0.1) is 0 Å². The van der Waals surface area contributed by atoms with Crippen molar-refractivity contribution in [2.24, 2.45) is 0 Å². The molecule has 0 saturated carbocycles. The van der Waals surface area contributed by atoms with Crippen LogP contribution in [-0.4, -0.2) is 19.1 Å². The van der Waals surface area contributed by atoms with Crippen LogP contribution < -0.4 is 15.4 Å². The molecule has 0 saturated heterocycles. The molecule has 1 amide bonds. The minimum atomic E-state index is -4.40. The molecule has 0 aromatic heterocycles. The van der Waals surface area contributed by atoms with Crippen LogP contribution in [0.1, 0.15) is 31.0 Å². The van der Waals surface area contributed by atoms with E-state index in [9.17, 15) is 18.0 Å². The number of benzene rings is 2. The van der Waals surface area contributed by atoms with Gasteiger partial charge in [0.25, 0.3) is 0 Å². The number of methoxy groups -OCH3 is 1. The highest BCUT2D eigenvalue weighted by molar-refractivity contribution is 5.95. The Labute approximate surface area is 150 Å². The van der Waals surface area contributed by atoms with Crippen LogP contribution in [0.15, 0.2) is 48.5 Å². The number of carbonyl (C=O) groups is 1. The molecule has 26 heavy (non-hydrogen) atoms. The molecule has 0 aliphatic heterocycles. The second-order valence-electron chi connectivity index (χ2n) is 5.92. The SMILES string of the molecule is COc1ccccc1NC(=O)[C@H](C)N[C@@H](C)c1cccc(C(F)(F)F)c1. The lowest BCUT2D eigenvalue weighted by Gasteiger charge is -2.21. The average molecular weight is 366 g/mol. The minimum Gasteiger partial charge on any atom is -0.495 e. The normalized spacial score (nSPS) is 13.8. The summed E-state index contributed by atoms with van der Waals surface area (Å²) in [4.78, 5) is 12.4. The Morgan fingerprint density at radius 1 is 1.08 bits per heavy atom. The van der Waals surface area contributed by atoms with E-state index in [0.29, 0.717) is 17.0 Å². The standard InChI is InChI=1S/C19H21F3N2O2/c1-12(14-7-6-8-15(11-14)19(20,21)22)23-13(2)18(25)24-16-9-4-5-10-17(16)26-3/h4-13,23H,1-3H3,(H,24,25)/t12-,13-/m0/s1. The quantitative estimate of drug-likeness (QED) is 0.797. The van der Waals surface area contributed by atoms with Crippen molar-refractivity contribution in [1.82, 2.24) is 5.32 Å². The topological polar surface area (TPSA) is 50.4 Å². The molecular weight excluding hydrogens is 345 g/mol. The van der Waals surface area contributed by atoms with E-state index in [1.807, 2.05) is 0 Å². The third-order valence-corrected chi connectivity index (χ3v) is 3.97. The fourth-order valence-electron chi connectivity index (χ4n) is 2.52. The van der Waals surface area contributed by atoms with Gasteiger partial charge in [-0.25, -0.2) is 0 Å². The van der Waals surface area contributed by atoms with Crippen molar-refractivity contribution in [1.29, 1.82) is 0 Å². The predicted molar refractivity (Wildman–Crippen MR) is 94.1 cm³/mol. The first-order chi connectivity index (χ1) is 12.2. The number of rotatable bonds is 6. The summed E-state index contributed by atoms with van der Waals surface area (Å²) in [5, 5.41) is 5.76. The van der Waals surface area contributed by atoms with E-state index in [0.717, 1.165) is 12.1 Å². The molecule has 0 spiro atoms. The monoisotopic (exact) mass is 366 g/mol. The molecule has 0 radical (unpaired) electrons. The summed E-state index contributed by atoms with van der Waals surface area (Å²) in [6.07, 6.45) is -4.40. The van der Waals surface area contributed by atoms with Crippen LogP contribution in [0.25, 0.3) is 0 Å². The molecule has 7 heteroatoms. The largest absolute Gasteiger partial charge is 0.495 e. The van der Waals surface area contributed by atoms with E-state index in [2.05, 4.69) is 10.6 Å². The molecule has 0 unspecified atom stereocenters. The highest BCUT2D eigenvalue weighted by Gasteiger charge is 2.30. The summed E-state index contributed by atoms with van der Waals surface area (Å²) in [6, 6.07) is 11.0. The van der Waals surface area contributed by atoms with E-state index in [4.69, 9.17) is 4.74 Å². The zero-order valence-electron chi connectivity index (χ0n) is 14.7. The molecule has 2 atom stereocenters. The maximum atomic E-state index is 12.8. The van der Waals surface area contributed by atoms with Crippen LogP contribution in [0.4, 0.5) is 18.9 Å². The number of nitrogens with one attached hydrogen (secondary N) is 2. The van der Waals surface area contributed by atoms with Crippen LogP contribution >= 0.6 is 0 Å². The van der Waals surface area contributed by atoms with Crippen molar-refractivity contribution < 1.29 is 22.7 Å². The van der Waals surface area contributed by atoms with Gasteiger partial charge in [-0.05, 0) is 43.7 Å². The number of anilines is 1. The average Bonchev–Trinajstić information content (AvgIpc) is 2.61. The molecule has 0 aliphatic rings. The molecule has 2 rings (SSSR count). The maximum Gasteiger partial charge on any atom is 0.416 e. The molecule has 2 aromatic rings. The second kappa shape index (κ2) is 8.23. The smallest absolute Gasteiger partial charge is 0.416 e. The van der Waals surface area contributed by atoms with Gasteiger partial charge in [0.05, 0.1) is 24.4 Å². The first kappa shape index (κ1) is 19.8. The highest BCUT2D eigenvalue weighted by atomic mass is 19.4. The number of amides is 1. The van der Waals surface area contributed by atoms with Crippen molar-refractivity contribution in [3.63, 3.8) is 0 Å². The lowest BCUT2D eigenvalue weighted by atomic mass is 10.0. The lowest BCUT2D eigenvalue weighted by molar-refractivity contribution is -0.137. The van der Waals surface area contributed by atoms with E-state index in [1.165, 1.54) is 13.2 Å². The van der Waals surface area contributed by atoms with Crippen molar-refractivity contribution in [3.8, 4) is 5.75 Å². The molecule has 4 nitrogen and oxygen atoms in total. The first-order valence-electron chi connectivity index (χ1n) is 8.09. The fourth-order valence-corrected chi connectivity index (χ4v) is 2.52. The van der Waals surface area contributed by atoms with Gasteiger partial charge in [-0.3, -0.25) is 10.1 Å². The van der Waals surface area contributed by atoms with Crippen molar-refractivity contribution in [2.75, 3.05) is 12.4 Å². The van der Waals surface area contributed by atoms with E-state index >= 15 is 0 Å². The van der Waals surface area contributed by atoms with Gasteiger partial charge >= 0.3 is 6.18 Å². The highest BCUT2D eigenvalue weighted by Crippen LogP contribution is 2.30. The molecule has 0 heterocycles. The molecule has 2 aromatic carbocycles. The summed E-state index contributed by atoms with van der Waals surface area (Å²) >= 11 is 0. The van der Waals surface area contributed by atoms with Gasteiger partial charge in [0, 0.05) is 6.04 Å². The Morgan fingerprint density at radius 3 is 2.42 bits per heavy atom. The second-order valence-corrected chi connectivity index (χ2v) is 5.92. The third kappa shape index (κ3) is 4.98. The summed E-state index contributed by atoms with van der Waals surface area (Å²) in [5.41, 5.74) is 0.270. The number of ether oxygens (including phenoxy) is 1. The zero-order valence-corrected chi connectivity index (χ0v) is 14.7. The first-order valence-corrected chi connectivity index (χ1v) is 8.09. The van der Waals surface area contributed by atoms with Crippen molar-refractivity contribution in [3.05, 3.63) is 59.7 Å². The molecular formula is C19H21F3N2O2. The number of halogens is 3. The van der Waals surface area contributed by atoms with Crippen LogP contribution in [0, 0.1) is 0 Å². The van der Waals surface area contributed by atoms with E-state index in [1.54, 1.807) is 44.2 Å². The van der Waals surface area contributed by atoms with Gasteiger partial charge in [0.1, 0.15) is 5.75 Å². The van der Waals surface area contributed by atoms with Gasteiger partial charge in [0.15, 0.2) is 0 Å². The minimum absolute atomic E-state index is 0.312. The number of hydrogen-bond donors (Lipinski definition) is 2.